The summed E-state index contributed by atoms with van der Waals surface area (Å²) in [5, 5.41) is 2.90. The number of rotatable bonds is 0. The van der Waals surface area contributed by atoms with Gasteiger partial charge in [0.25, 0.3) is 0 Å². The average molecular weight is 125 g/mol. The normalized spacial score (nSPS) is 30.0. The first-order chi connectivity index (χ1) is 4.31. The summed E-state index contributed by atoms with van der Waals surface area (Å²) in [5.74, 6) is 0.243. The van der Waals surface area contributed by atoms with Crippen molar-refractivity contribution in [3.63, 3.8) is 0 Å². The van der Waals surface area contributed by atoms with E-state index in [1.54, 1.807) is 0 Å². The molecule has 0 aromatic carbocycles. The maximum absolute atomic E-state index is 10.7. The van der Waals surface area contributed by atoms with E-state index in [0.717, 1.165) is 19.4 Å². The molecule has 2 fully saturated rings. The Kier molecular flexibility index (Phi) is 0.875. The maximum atomic E-state index is 10.7. The number of hydrogen-bond donors (Lipinski definition) is 1. The highest BCUT2D eigenvalue weighted by Gasteiger charge is 2.44. The van der Waals surface area contributed by atoms with Crippen LogP contribution in [0.1, 0.15) is 25.7 Å². The standard InChI is InChI=1S/C7H11NO/c9-6-1-2-7(3-4-7)5-8-6/h1-5H2,(H,8,9). The predicted octanol–water partition coefficient (Wildman–Crippen LogP) is 0.677. The quantitative estimate of drug-likeness (QED) is 0.506. The van der Waals surface area contributed by atoms with Gasteiger partial charge in [0.05, 0.1) is 0 Å². The van der Waals surface area contributed by atoms with Crippen molar-refractivity contribution in [2.45, 2.75) is 25.7 Å². The molecular formula is C7H11NO. The van der Waals surface area contributed by atoms with Gasteiger partial charge < -0.3 is 5.32 Å². The minimum absolute atomic E-state index is 0.243. The third-order valence-electron chi connectivity index (χ3n) is 2.50. The third-order valence-corrected chi connectivity index (χ3v) is 2.50. The zero-order valence-corrected chi connectivity index (χ0v) is 5.44. The van der Waals surface area contributed by atoms with Gasteiger partial charge >= 0.3 is 0 Å². The molecule has 50 valence electrons. The van der Waals surface area contributed by atoms with Gasteiger partial charge in [0.15, 0.2) is 0 Å². The van der Waals surface area contributed by atoms with Crippen molar-refractivity contribution in [3.8, 4) is 0 Å². The number of hydrogen-bond acceptors (Lipinski definition) is 1. The van der Waals surface area contributed by atoms with Crippen LogP contribution >= 0.6 is 0 Å². The molecule has 0 bridgehead atoms. The number of amides is 1. The first kappa shape index (κ1) is 5.27. The Balaban J connectivity index is 1.98. The monoisotopic (exact) mass is 125 g/mol. The molecule has 1 saturated carbocycles. The molecule has 1 aliphatic heterocycles. The molecule has 0 unspecified atom stereocenters. The Bertz CT molecular complexity index is 137. The van der Waals surface area contributed by atoms with Gasteiger partial charge in [-0.15, -0.1) is 0 Å². The highest BCUT2D eigenvalue weighted by atomic mass is 16.1. The molecule has 0 aromatic heterocycles. The van der Waals surface area contributed by atoms with E-state index in [9.17, 15) is 4.79 Å². The largest absolute Gasteiger partial charge is 0.356 e. The third kappa shape index (κ3) is 0.824. The fraction of sp³-hybridized carbons (Fsp3) is 0.857. The van der Waals surface area contributed by atoms with Crippen LogP contribution in [0.5, 0.6) is 0 Å². The van der Waals surface area contributed by atoms with E-state index in [0.29, 0.717) is 5.41 Å². The summed E-state index contributed by atoms with van der Waals surface area (Å²) in [6.07, 6.45) is 4.58. The molecule has 1 spiro atoms. The van der Waals surface area contributed by atoms with Crippen LogP contribution in [0, 0.1) is 5.41 Å². The van der Waals surface area contributed by atoms with Crippen LogP contribution < -0.4 is 5.32 Å². The molecule has 2 nitrogen and oxygen atoms in total. The first-order valence-electron chi connectivity index (χ1n) is 3.58. The van der Waals surface area contributed by atoms with Crippen LogP contribution in [-0.4, -0.2) is 12.5 Å². The van der Waals surface area contributed by atoms with Crippen molar-refractivity contribution in [1.82, 2.24) is 5.32 Å². The first-order valence-corrected chi connectivity index (χ1v) is 3.58. The van der Waals surface area contributed by atoms with E-state index in [1.165, 1.54) is 12.8 Å². The van der Waals surface area contributed by atoms with E-state index in [1.807, 2.05) is 0 Å². The lowest BCUT2D eigenvalue weighted by Gasteiger charge is -2.20. The van der Waals surface area contributed by atoms with E-state index in [2.05, 4.69) is 5.32 Å². The molecule has 2 rings (SSSR count). The molecule has 0 atom stereocenters. The molecule has 2 aliphatic rings. The van der Waals surface area contributed by atoms with Gasteiger partial charge in [-0.05, 0) is 24.7 Å². The van der Waals surface area contributed by atoms with Crippen LogP contribution in [0.25, 0.3) is 0 Å². The number of carbonyl (C=O) groups is 1. The highest BCUT2D eigenvalue weighted by molar-refractivity contribution is 5.77. The average Bonchev–Trinajstić information content (AvgIpc) is 2.60. The van der Waals surface area contributed by atoms with Gasteiger partial charge in [-0.3, -0.25) is 4.79 Å². The lowest BCUT2D eigenvalue weighted by molar-refractivity contribution is -0.123. The molecular weight excluding hydrogens is 114 g/mol. The Morgan fingerprint density at radius 1 is 1.33 bits per heavy atom. The Labute approximate surface area is 54.6 Å². The van der Waals surface area contributed by atoms with Crippen LogP contribution in [0.3, 0.4) is 0 Å². The van der Waals surface area contributed by atoms with Crippen LogP contribution in [-0.2, 0) is 4.79 Å². The second-order valence-corrected chi connectivity index (χ2v) is 3.28. The van der Waals surface area contributed by atoms with Crippen LogP contribution in [0.15, 0.2) is 0 Å². The Morgan fingerprint density at radius 2 is 2.11 bits per heavy atom. The van der Waals surface area contributed by atoms with Gasteiger partial charge in [0.2, 0.25) is 5.91 Å². The summed E-state index contributed by atoms with van der Waals surface area (Å²) in [5.41, 5.74) is 0.577. The second kappa shape index (κ2) is 1.49. The maximum Gasteiger partial charge on any atom is 0.220 e. The lowest BCUT2D eigenvalue weighted by Crippen LogP contribution is -2.35. The van der Waals surface area contributed by atoms with E-state index in [4.69, 9.17) is 0 Å². The van der Waals surface area contributed by atoms with E-state index in [-0.39, 0.29) is 5.91 Å². The number of piperidine rings is 1. The van der Waals surface area contributed by atoms with Crippen molar-refractivity contribution < 1.29 is 4.79 Å². The molecule has 9 heavy (non-hydrogen) atoms. The molecule has 0 radical (unpaired) electrons. The minimum atomic E-state index is 0.243. The van der Waals surface area contributed by atoms with Crippen molar-refractivity contribution >= 4 is 5.91 Å². The summed E-state index contributed by atoms with van der Waals surface area (Å²) < 4.78 is 0. The SMILES string of the molecule is O=C1CCC2(CC2)CN1. The molecule has 1 amide bonds. The highest BCUT2D eigenvalue weighted by Crippen LogP contribution is 2.50. The summed E-state index contributed by atoms with van der Waals surface area (Å²) >= 11 is 0. The molecule has 0 aromatic rings. The van der Waals surface area contributed by atoms with Gasteiger partial charge in [0.1, 0.15) is 0 Å². The zero-order valence-electron chi connectivity index (χ0n) is 5.44. The molecule has 1 aliphatic carbocycles. The minimum Gasteiger partial charge on any atom is -0.356 e. The summed E-state index contributed by atoms with van der Waals surface area (Å²) in [4.78, 5) is 10.7. The summed E-state index contributed by atoms with van der Waals surface area (Å²) in [6, 6.07) is 0. The molecule has 1 N–H and O–H groups in total. The summed E-state index contributed by atoms with van der Waals surface area (Å²) in [6.45, 7) is 0.950. The van der Waals surface area contributed by atoms with Crippen molar-refractivity contribution in [2.24, 2.45) is 5.41 Å². The zero-order chi connectivity index (χ0) is 6.32. The van der Waals surface area contributed by atoms with E-state index >= 15 is 0 Å². The van der Waals surface area contributed by atoms with Gasteiger partial charge in [-0.25, -0.2) is 0 Å². The predicted molar refractivity (Wildman–Crippen MR) is 33.9 cm³/mol. The fourth-order valence-corrected chi connectivity index (χ4v) is 1.45. The van der Waals surface area contributed by atoms with Gasteiger partial charge in [0, 0.05) is 13.0 Å². The van der Waals surface area contributed by atoms with Crippen molar-refractivity contribution in [1.29, 1.82) is 0 Å². The molecule has 1 saturated heterocycles. The molecule has 1 heterocycles. The fourth-order valence-electron chi connectivity index (χ4n) is 1.45. The summed E-state index contributed by atoms with van der Waals surface area (Å²) in [7, 11) is 0. The van der Waals surface area contributed by atoms with Crippen molar-refractivity contribution in [2.75, 3.05) is 6.54 Å². The van der Waals surface area contributed by atoms with Crippen LogP contribution in [0.2, 0.25) is 0 Å². The number of nitrogens with one attached hydrogen (secondary N) is 1. The number of carbonyl (C=O) groups excluding carboxylic acids is 1. The smallest absolute Gasteiger partial charge is 0.220 e. The van der Waals surface area contributed by atoms with Gasteiger partial charge in [-0.2, -0.15) is 0 Å². The van der Waals surface area contributed by atoms with Gasteiger partial charge in [-0.1, -0.05) is 0 Å². The van der Waals surface area contributed by atoms with Crippen molar-refractivity contribution in [3.05, 3.63) is 0 Å². The Morgan fingerprint density at radius 3 is 2.56 bits per heavy atom. The molecule has 2 heteroatoms. The Hall–Kier alpha value is -0.530. The van der Waals surface area contributed by atoms with Crippen LogP contribution in [0.4, 0.5) is 0 Å². The second-order valence-electron chi connectivity index (χ2n) is 3.28. The topological polar surface area (TPSA) is 29.1 Å². The lowest BCUT2D eigenvalue weighted by atomic mass is 9.96. The van der Waals surface area contributed by atoms with E-state index < -0.39 is 0 Å².